The zero-order valence-electron chi connectivity index (χ0n) is 13.0. The molecule has 0 unspecified atom stereocenters. The highest BCUT2D eigenvalue weighted by atomic mass is 19.1. The number of H-pyrrole nitrogens is 1. The van der Waals surface area contributed by atoms with E-state index in [0.29, 0.717) is 11.5 Å². The molecule has 1 amide bonds. The maximum Gasteiger partial charge on any atom is 0.256 e. The van der Waals surface area contributed by atoms with Crippen LogP contribution in [0.2, 0.25) is 0 Å². The van der Waals surface area contributed by atoms with Crippen LogP contribution in [-0.2, 0) is 0 Å². The number of aliphatic hydroxyl groups is 1. The number of β-amino-alcohol motifs (C(OH)–C–C–N with tert-alkyl or cyclic N) is 1. The number of hydrogen-bond donors (Lipinski definition) is 2. The second-order valence-corrected chi connectivity index (χ2v) is 6.61. The fourth-order valence-electron chi connectivity index (χ4n) is 3.54. The van der Waals surface area contributed by atoms with Crippen LogP contribution in [0.15, 0.2) is 30.5 Å². The number of rotatable bonds is 3. The molecule has 0 radical (unpaired) electrons. The summed E-state index contributed by atoms with van der Waals surface area (Å²) in [6.45, 7) is 0.120. The van der Waals surface area contributed by atoms with E-state index in [0.717, 1.165) is 36.7 Å². The molecular formula is C18H18F2N2O2. The van der Waals surface area contributed by atoms with Crippen LogP contribution in [0.3, 0.4) is 0 Å². The van der Waals surface area contributed by atoms with Crippen molar-refractivity contribution in [3.63, 3.8) is 0 Å². The highest BCUT2D eigenvalue weighted by Gasteiger charge is 2.39. The fraction of sp³-hybridized carbons (Fsp3) is 0.389. The third-order valence-electron chi connectivity index (χ3n) is 4.85. The second-order valence-electron chi connectivity index (χ2n) is 6.61. The van der Waals surface area contributed by atoms with Crippen molar-refractivity contribution in [3.05, 3.63) is 58.9 Å². The Labute approximate surface area is 138 Å². The molecule has 0 bridgehead atoms. The SMILES string of the molecule is O=C(c1cc[nH]c1C1CC1)N1C[C@@H](O)C[C@@H]1c1cc(F)ccc1F. The quantitative estimate of drug-likeness (QED) is 0.907. The molecule has 4 nitrogen and oxygen atoms in total. The molecule has 2 N–H and O–H groups in total. The molecule has 24 heavy (non-hydrogen) atoms. The Morgan fingerprint density at radius 3 is 2.79 bits per heavy atom. The summed E-state index contributed by atoms with van der Waals surface area (Å²) in [4.78, 5) is 17.5. The van der Waals surface area contributed by atoms with Gasteiger partial charge in [-0.1, -0.05) is 0 Å². The zero-order chi connectivity index (χ0) is 16.8. The molecular weight excluding hydrogens is 314 g/mol. The lowest BCUT2D eigenvalue weighted by atomic mass is 10.0. The maximum absolute atomic E-state index is 14.2. The minimum atomic E-state index is -0.745. The Hall–Kier alpha value is -2.21. The molecule has 2 aliphatic rings. The highest BCUT2D eigenvalue weighted by molar-refractivity contribution is 5.96. The van der Waals surface area contributed by atoms with Gasteiger partial charge in [-0.3, -0.25) is 4.79 Å². The molecule has 1 aromatic carbocycles. The normalized spacial score (nSPS) is 23.7. The van der Waals surface area contributed by atoms with Gasteiger partial charge in [0.25, 0.3) is 5.91 Å². The predicted octanol–water partition coefficient (Wildman–Crippen LogP) is 3.12. The molecule has 2 heterocycles. The van der Waals surface area contributed by atoms with Crippen LogP contribution >= 0.6 is 0 Å². The average molecular weight is 332 g/mol. The van der Waals surface area contributed by atoms with E-state index in [2.05, 4.69) is 4.98 Å². The largest absolute Gasteiger partial charge is 0.391 e. The van der Waals surface area contributed by atoms with E-state index in [-0.39, 0.29) is 24.4 Å². The number of halogens is 2. The maximum atomic E-state index is 14.2. The molecule has 126 valence electrons. The van der Waals surface area contributed by atoms with E-state index in [1.165, 1.54) is 4.90 Å². The summed E-state index contributed by atoms with van der Waals surface area (Å²) < 4.78 is 27.7. The molecule has 2 atom stereocenters. The van der Waals surface area contributed by atoms with Gasteiger partial charge in [0.05, 0.1) is 17.7 Å². The minimum Gasteiger partial charge on any atom is -0.391 e. The first-order valence-corrected chi connectivity index (χ1v) is 8.16. The van der Waals surface area contributed by atoms with E-state index in [1.807, 2.05) is 0 Å². The van der Waals surface area contributed by atoms with Gasteiger partial charge >= 0.3 is 0 Å². The lowest BCUT2D eigenvalue weighted by molar-refractivity contribution is 0.0712. The topological polar surface area (TPSA) is 56.3 Å². The predicted molar refractivity (Wildman–Crippen MR) is 83.5 cm³/mol. The lowest BCUT2D eigenvalue weighted by Crippen LogP contribution is -2.32. The number of benzene rings is 1. The molecule has 1 aliphatic carbocycles. The summed E-state index contributed by atoms with van der Waals surface area (Å²) in [5, 5.41) is 10.0. The molecule has 1 saturated heterocycles. The number of nitrogens with one attached hydrogen (secondary N) is 1. The Bertz CT molecular complexity index is 785. The van der Waals surface area contributed by atoms with Gasteiger partial charge < -0.3 is 15.0 Å². The summed E-state index contributed by atoms with van der Waals surface area (Å²) in [6.07, 6.45) is 3.28. The van der Waals surface area contributed by atoms with Crippen LogP contribution in [0.25, 0.3) is 0 Å². The van der Waals surface area contributed by atoms with E-state index in [1.54, 1.807) is 12.3 Å². The van der Waals surface area contributed by atoms with Crippen molar-refractivity contribution in [2.45, 2.75) is 37.3 Å². The first-order valence-electron chi connectivity index (χ1n) is 8.16. The molecule has 6 heteroatoms. The fourth-order valence-corrected chi connectivity index (χ4v) is 3.54. The number of carbonyl (C=O) groups excluding carboxylic acids is 1. The molecule has 4 rings (SSSR count). The Kier molecular flexibility index (Phi) is 3.64. The van der Waals surface area contributed by atoms with Gasteiger partial charge in [-0.25, -0.2) is 8.78 Å². The summed E-state index contributed by atoms with van der Waals surface area (Å²) in [7, 11) is 0. The van der Waals surface area contributed by atoms with Crippen molar-refractivity contribution in [3.8, 4) is 0 Å². The van der Waals surface area contributed by atoms with Crippen molar-refractivity contribution >= 4 is 5.91 Å². The average Bonchev–Trinajstić information content (AvgIpc) is 3.15. The summed E-state index contributed by atoms with van der Waals surface area (Å²) in [6, 6.07) is 4.28. The number of likely N-dealkylation sites (tertiary alicyclic amines) is 1. The number of aliphatic hydroxyl groups excluding tert-OH is 1. The van der Waals surface area contributed by atoms with Crippen LogP contribution in [0, 0.1) is 11.6 Å². The molecule has 1 aliphatic heterocycles. The van der Waals surface area contributed by atoms with Gasteiger partial charge in [-0.05, 0) is 49.4 Å². The van der Waals surface area contributed by atoms with Gasteiger partial charge in [0, 0.05) is 24.0 Å². The lowest BCUT2D eigenvalue weighted by Gasteiger charge is -2.25. The third-order valence-corrected chi connectivity index (χ3v) is 4.85. The first kappa shape index (κ1) is 15.3. The first-order chi connectivity index (χ1) is 11.5. The number of aromatic amines is 1. The molecule has 1 saturated carbocycles. The minimum absolute atomic E-state index is 0.114. The number of hydrogen-bond acceptors (Lipinski definition) is 2. The summed E-state index contributed by atoms with van der Waals surface area (Å²) in [5.74, 6) is -0.996. The van der Waals surface area contributed by atoms with Crippen LogP contribution in [0.4, 0.5) is 8.78 Å². The van der Waals surface area contributed by atoms with Crippen LogP contribution in [-0.4, -0.2) is 33.5 Å². The number of carbonyl (C=O) groups is 1. The van der Waals surface area contributed by atoms with Gasteiger partial charge in [0.15, 0.2) is 0 Å². The summed E-state index contributed by atoms with van der Waals surface area (Å²) in [5.41, 5.74) is 1.58. The summed E-state index contributed by atoms with van der Waals surface area (Å²) >= 11 is 0. The Balaban J connectivity index is 1.68. The van der Waals surface area contributed by atoms with Crippen molar-refractivity contribution in [2.75, 3.05) is 6.54 Å². The van der Waals surface area contributed by atoms with E-state index in [9.17, 15) is 18.7 Å². The zero-order valence-corrected chi connectivity index (χ0v) is 13.0. The van der Waals surface area contributed by atoms with E-state index >= 15 is 0 Å². The molecule has 2 aromatic rings. The molecule has 0 spiro atoms. The van der Waals surface area contributed by atoms with Crippen molar-refractivity contribution in [1.29, 1.82) is 0 Å². The standard InChI is InChI=1S/C18H18F2N2O2/c19-11-3-4-15(20)14(7-11)16-8-12(23)9-22(16)18(24)13-5-6-21-17(13)10-1-2-10/h3-7,10,12,16,21,23H,1-2,8-9H2/t12-,16+/m0/s1. The Morgan fingerprint density at radius 2 is 2.04 bits per heavy atom. The number of nitrogens with zero attached hydrogens (tertiary/aromatic N) is 1. The van der Waals surface area contributed by atoms with Gasteiger partial charge in [-0.2, -0.15) is 0 Å². The van der Waals surface area contributed by atoms with Crippen molar-refractivity contribution < 1.29 is 18.7 Å². The number of amides is 1. The van der Waals surface area contributed by atoms with Crippen LogP contribution < -0.4 is 0 Å². The third kappa shape index (κ3) is 2.60. The van der Waals surface area contributed by atoms with Crippen molar-refractivity contribution in [1.82, 2.24) is 9.88 Å². The molecule has 1 aromatic heterocycles. The van der Waals surface area contributed by atoms with E-state index in [4.69, 9.17) is 0 Å². The monoisotopic (exact) mass is 332 g/mol. The van der Waals surface area contributed by atoms with Gasteiger partial charge in [0.2, 0.25) is 0 Å². The number of aromatic nitrogens is 1. The van der Waals surface area contributed by atoms with Gasteiger partial charge in [-0.15, -0.1) is 0 Å². The smallest absolute Gasteiger partial charge is 0.256 e. The molecule has 2 fully saturated rings. The van der Waals surface area contributed by atoms with Crippen LogP contribution in [0.1, 0.15) is 52.8 Å². The Morgan fingerprint density at radius 1 is 1.25 bits per heavy atom. The van der Waals surface area contributed by atoms with Crippen LogP contribution in [0.5, 0.6) is 0 Å². The second kappa shape index (κ2) is 5.70. The highest BCUT2D eigenvalue weighted by Crippen LogP contribution is 2.42. The van der Waals surface area contributed by atoms with Gasteiger partial charge in [0.1, 0.15) is 11.6 Å². The van der Waals surface area contributed by atoms with E-state index < -0.39 is 23.8 Å². The van der Waals surface area contributed by atoms with Crippen molar-refractivity contribution in [2.24, 2.45) is 0 Å².